The molecule has 2 rings (SSSR count). The molecule has 0 radical (unpaired) electrons. The monoisotopic (exact) mass is 237 g/mol. The Hall–Kier alpha value is -1.00. The summed E-state index contributed by atoms with van der Waals surface area (Å²) in [4.78, 5) is 10.8. The SMILES string of the molecule is CC(c1ccccc1)C1N[C@@H](C(=O)O)CS1. The number of thioether (sulfide) groups is 1. The van der Waals surface area contributed by atoms with E-state index < -0.39 is 12.0 Å². The van der Waals surface area contributed by atoms with E-state index in [2.05, 4.69) is 24.4 Å². The first-order valence-corrected chi connectivity index (χ1v) is 6.39. The predicted octanol–water partition coefficient (Wildman–Crippen LogP) is 1.91. The second-order valence-electron chi connectivity index (χ2n) is 4.01. The number of carboxylic acids is 1. The van der Waals surface area contributed by atoms with Gasteiger partial charge in [-0.2, -0.15) is 0 Å². The van der Waals surface area contributed by atoms with Crippen LogP contribution in [0.5, 0.6) is 0 Å². The van der Waals surface area contributed by atoms with E-state index in [1.165, 1.54) is 5.56 Å². The molecule has 1 saturated heterocycles. The highest BCUT2D eigenvalue weighted by Crippen LogP contribution is 2.31. The number of aliphatic carboxylic acids is 1. The van der Waals surface area contributed by atoms with Gasteiger partial charge >= 0.3 is 5.97 Å². The molecule has 1 fully saturated rings. The van der Waals surface area contributed by atoms with Crippen LogP contribution >= 0.6 is 11.8 Å². The zero-order chi connectivity index (χ0) is 11.5. The van der Waals surface area contributed by atoms with Gasteiger partial charge in [-0.1, -0.05) is 37.3 Å². The second-order valence-corrected chi connectivity index (χ2v) is 5.19. The van der Waals surface area contributed by atoms with Crippen molar-refractivity contribution < 1.29 is 9.90 Å². The van der Waals surface area contributed by atoms with Crippen molar-refractivity contribution in [2.24, 2.45) is 0 Å². The van der Waals surface area contributed by atoms with Crippen molar-refractivity contribution in [3.63, 3.8) is 0 Å². The molecule has 2 unspecified atom stereocenters. The Morgan fingerprint density at radius 1 is 1.50 bits per heavy atom. The van der Waals surface area contributed by atoms with Crippen molar-refractivity contribution >= 4 is 17.7 Å². The topological polar surface area (TPSA) is 49.3 Å². The van der Waals surface area contributed by atoms with Crippen molar-refractivity contribution in [2.45, 2.75) is 24.3 Å². The Bertz CT molecular complexity index is 369. The van der Waals surface area contributed by atoms with Gasteiger partial charge in [-0.15, -0.1) is 11.8 Å². The van der Waals surface area contributed by atoms with Crippen LogP contribution in [0.3, 0.4) is 0 Å². The van der Waals surface area contributed by atoms with E-state index in [0.717, 1.165) is 0 Å². The lowest BCUT2D eigenvalue weighted by molar-refractivity contribution is -0.138. The van der Waals surface area contributed by atoms with Crippen LogP contribution in [0.1, 0.15) is 18.4 Å². The fourth-order valence-corrected chi connectivity index (χ4v) is 3.20. The Labute approximate surface area is 99.2 Å². The summed E-state index contributed by atoms with van der Waals surface area (Å²) < 4.78 is 0. The van der Waals surface area contributed by atoms with Crippen molar-refractivity contribution in [3.05, 3.63) is 35.9 Å². The summed E-state index contributed by atoms with van der Waals surface area (Å²) in [5, 5.41) is 12.3. The highest BCUT2D eigenvalue weighted by atomic mass is 32.2. The number of carboxylic acid groups (broad SMARTS) is 1. The van der Waals surface area contributed by atoms with Crippen molar-refractivity contribution in [2.75, 3.05) is 5.75 Å². The van der Waals surface area contributed by atoms with Crippen LogP contribution in [0.15, 0.2) is 30.3 Å². The molecule has 1 aromatic carbocycles. The van der Waals surface area contributed by atoms with E-state index in [-0.39, 0.29) is 5.37 Å². The van der Waals surface area contributed by atoms with Crippen LogP contribution in [0.2, 0.25) is 0 Å². The van der Waals surface area contributed by atoms with Gasteiger partial charge < -0.3 is 5.11 Å². The third kappa shape index (κ3) is 2.39. The predicted molar refractivity (Wildman–Crippen MR) is 65.7 cm³/mol. The summed E-state index contributed by atoms with van der Waals surface area (Å²) in [6.45, 7) is 2.13. The molecule has 3 nitrogen and oxygen atoms in total. The van der Waals surface area contributed by atoms with E-state index in [9.17, 15) is 4.79 Å². The first-order valence-electron chi connectivity index (χ1n) is 5.34. The first kappa shape index (κ1) is 11.5. The molecule has 3 atom stereocenters. The second kappa shape index (κ2) is 4.89. The molecule has 1 heterocycles. The average molecular weight is 237 g/mol. The van der Waals surface area contributed by atoms with E-state index in [1.807, 2.05) is 18.2 Å². The number of hydrogen-bond acceptors (Lipinski definition) is 3. The van der Waals surface area contributed by atoms with Gasteiger partial charge in [0.25, 0.3) is 0 Å². The molecule has 1 aliphatic heterocycles. The Morgan fingerprint density at radius 2 is 2.19 bits per heavy atom. The van der Waals surface area contributed by atoms with Crippen LogP contribution in [-0.4, -0.2) is 28.2 Å². The van der Waals surface area contributed by atoms with Gasteiger partial charge in [-0.25, -0.2) is 0 Å². The lowest BCUT2D eigenvalue weighted by Crippen LogP contribution is -2.38. The van der Waals surface area contributed by atoms with E-state index in [4.69, 9.17) is 5.11 Å². The molecule has 0 bridgehead atoms. The van der Waals surface area contributed by atoms with Gasteiger partial charge in [0.15, 0.2) is 0 Å². The molecule has 86 valence electrons. The van der Waals surface area contributed by atoms with Gasteiger partial charge in [-0.3, -0.25) is 10.1 Å². The van der Waals surface area contributed by atoms with Crippen molar-refractivity contribution in [1.29, 1.82) is 0 Å². The largest absolute Gasteiger partial charge is 0.480 e. The molecular weight excluding hydrogens is 222 g/mol. The minimum atomic E-state index is -0.754. The Kier molecular flexibility index (Phi) is 3.51. The fourth-order valence-electron chi connectivity index (χ4n) is 1.86. The zero-order valence-electron chi connectivity index (χ0n) is 9.09. The molecule has 16 heavy (non-hydrogen) atoms. The molecular formula is C12H15NO2S. The van der Waals surface area contributed by atoms with Gasteiger partial charge in [0.2, 0.25) is 0 Å². The smallest absolute Gasteiger partial charge is 0.321 e. The molecule has 1 aromatic rings. The minimum Gasteiger partial charge on any atom is -0.480 e. The quantitative estimate of drug-likeness (QED) is 0.843. The molecule has 2 N–H and O–H groups in total. The number of benzene rings is 1. The lowest BCUT2D eigenvalue weighted by atomic mass is 10.0. The highest BCUT2D eigenvalue weighted by Gasteiger charge is 2.32. The van der Waals surface area contributed by atoms with Crippen LogP contribution in [0.4, 0.5) is 0 Å². The molecule has 0 aliphatic carbocycles. The van der Waals surface area contributed by atoms with Gasteiger partial charge in [0.05, 0.1) is 5.37 Å². The molecule has 0 amide bonds. The summed E-state index contributed by atoms with van der Waals surface area (Å²) in [5.41, 5.74) is 1.25. The lowest BCUT2D eigenvalue weighted by Gasteiger charge is -2.19. The fraction of sp³-hybridized carbons (Fsp3) is 0.417. The van der Waals surface area contributed by atoms with Crippen LogP contribution < -0.4 is 5.32 Å². The van der Waals surface area contributed by atoms with Gasteiger partial charge in [0, 0.05) is 11.7 Å². The standard InChI is InChI=1S/C12H15NO2S/c1-8(9-5-3-2-4-6-9)11-13-10(7-16-11)12(14)15/h2-6,8,10-11,13H,7H2,1H3,(H,14,15)/t8?,10-,11?/m1/s1. The van der Waals surface area contributed by atoms with Crippen LogP contribution in [0, 0.1) is 0 Å². The molecule has 0 spiro atoms. The summed E-state index contributed by atoms with van der Waals surface area (Å²) in [7, 11) is 0. The van der Waals surface area contributed by atoms with Crippen molar-refractivity contribution in [3.8, 4) is 0 Å². The molecule has 0 aromatic heterocycles. The summed E-state index contributed by atoms with van der Waals surface area (Å²) in [5.74, 6) is 0.225. The first-order chi connectivity index (χ1) is 7.68. The third-order valence-corrected chi connectivity index (χ3v) is 4.31. The number of hydrogen-bond donors (Lipinski definition) is 2. The van der Waals surface area contributed by atoms with E-state index >= 15 is 0 Å². The minimum absolute atomic E-state index is 0.198. The van der Waals surface area contributed by atoms with E-state index in [0.29, 0.717) is 11.7 Å². The maximum Gasteiger partial charge on any atom is 0.321 e. The summed E-state index contributed by atoms with van der Waals surface area (Å²) >= 11 is 1.69. The van der Waals surface area contributed by atoms with Crippen LogP contribution in [-0.2, 0) is 4.79 Å². The summed E-state index contributed by atoms with van der Waals surface area (Å²) in [6, 6.07) is 9.79. The highest BCUT2D eigenvalue weighted by molar-refractivity contribution is 8.00. The van der Waals surface area contributed by atoms with Crippen LogP contribution in [0.25, 0.3) is 0 Å². The Balaban J connectivity index is 2.02. The maximum atomic E-state index is 10.8. The molecule has 1 aliphatic rings. The molecule has 0 saturated carbocycles. The van der Waals surface area contributed by atoms with E-state index in [1.54, 1.807) is 11.8 Å². The third-order valence-electron chi connectivity index (χ3n) is 2.89. The zero-order valence-corrected chi connectivity index (χ0v) is 9.91. The number of nitrogens with one attached hydrogen (secondary N) is 1. The average Bonchev–Trinajstić information content (AvgIpc) is 2.78. The number of carbonyl (C=O) groups is 1. The van der Waals surface area contributed by atoms with Gasteiger partial charge in [0.1, 0.15) is 6.04 Å². The molecule has 4 heteroatoms. The summed E-state index contributed by atoms with van der Waals surface area (Å²) in [6.07, 6.45) is 0. The Morgan fingerprint density at radius 3 is 2.75 bits per heavy atom. The van der Waals surface area contributed by atoms with Gasteiger partial charge in [-0.05, 0) is 5.56 Å². The van der Waals surface area contributed by atoms with Crippen molar-refractivity contribution in [1.82, 2.24) is 5.32 Å². The number of rotatable bonds is 3. The maximum absolute atomic E-state index is 10.8. The normalized spacial score (nSPS) is 26.6.